The van der Waals surface area contributed by atoms with Crippen molar-refractivity contribution in [3.8, 4) is 0 Å². The van der Waals surface area contributed by atoms with Crippen LogP contribution in [-0.4, -0.2) is 17.6 Å². The summed E-state index contributed by atoms with van der Waals surface area (Å²) in [5.41, 5.74) is 0.229. The fourth-order valence-electron chi connectivity index (χ4n) is 1.29. The van der Waals surface area contributed by atoms with Crippen LogP contribution in [-0.2, 0) is 9.53 Å². The second-order valence-electron chi connectivity index (χ2n) is 5.03. The molecule has 0 spiro atoms. The van der Waals surface area contributed by atoms with Crippen molar-refractivity contribution < 1.29 is 9.53 Å². The number of carbonyl (C=O) groups excluding carboxylic acids is 1. The zero-order chi connectivity index (χ0) is 13.9. The van der Waals surface area contributed by atoms with Gasteiger partial charge in [-0.15, -0.1) is 0 Å². The molecule has 1 rings (SSSR count). The number of esters is 1. The van der Waals surface area contributed by atoms with Crippen molar-refractivity contribution in [1.29, 1.82) is 0 Å². The summed E-state index contributed by atoms with van der Waals surface area (Å²) in [6.07, 6.45) is 0. The Kier molecular flexibility index (Phi) is 4.88. The van der Waals surface area contributed by atoms with Crippen molar-refractivity contribution in [3.63, 3.8) is 0 Å². The van der Waals surface area contributed by atoms with Gasteiger partial charge in [-0.2, -0.15) is 0 Å². The molecule has 0 aliphatic heterocycles. The highest BCUT2D eigenvalue weighted by atomic mass is 35.5. The normalized spacial score (nSPS) is 13.0. The van der Waals surface area contributed by atoms with Crippen molar-refractivity contribution in [1.82, 2.24) is 0 Å². The van der Waals surface area contributed by atoms with Crippen molar-refractivity contribution in [3.05, 3.63) is 28.2 Å². The topological polar surface area (TPSA) is 38.3 Å². The SMILES string of the molecule is CC(Nc1ccc(Cl)c(Cl)c1)C(=O)OC(C)(C)C. The summed E-state index contributed by atoms with van der Waals surface area (Å²) in [4.78, 5) is 11.8. The summed E-state index contributed by atoms with van der Waals surface area (Å²) in [5.74, 6) is -0.312. The van der Waals surface area contributed by atoms with E-state index in [1.165, 1.54) is 0 Å². The Balaban J connectivity index is 2.66. The molecule has 1 aromatic carbocycles. The number of hydrogen-bond acceptors (Lipinski definition) is 3. The summed E-state index contributed by atoms with van der Waals surface area (Å²) in [6.45, 7) is 7.22. The van der Waals surface area contributed by atoms with Crippen LogP contribution in [0.25, 0.3) is 0 Å². The van der Waals surface area contributed by atoms with Crippen LogP contribution in [0.2, 0.25) is 10.0 Å². The van der Waals surface area contributed by atoms with Crippen molar-refractivity contribution in [2.24, 2.45) is 0 Å². The summed E-state index contributed by atoms with van der Waals surface area (Å²) < 4.78 is 5.27. The molecule has 0 bridgehead atoms. The summed E-state index contributed by atoms with van der Waals surface area (Å²) >= 11 is 11.7. The number of benzene rings is 1. The molecular weight excluding hydrogens is 273 g/mol. The smallest absolute Gasteiger partial charge is 0.328 e. The number of hydrogen-bond donors (Lipinski definition) is 1. The maximum Gasteiger partial charge on any atom is 0.328 e. The lowest BCUT2D eigenvalue weighted by molar-refractivity contribution is -0.155. The van der Waals surface area contributed by atoms with Gasteiger partial charge in [-0.1, -0.05) is 23.2 Å². The third kappa shape index (κ3) is 4.75. The van der Waals surface area contributed by atoms with E-state index in [-0.39, 0.29) is 5.97 Å². The van der Waals surface area contributed by atoms with Crippen LogP contribution in [0.5, 0.6) is 0 Å². The van der Waals surface area contributed by atoms with Crippen LogP contribution < -0.4 is 5.32 Å². The van der Waals surface area contributed by atoms with E-state index in [4.69, 9.17) is 27.9 Å². The van der Waals surface area contributed by atoms with Crippen LogP contribution in [0, 0.1) is 0 Å². The fraction of sp³-hybridized carbons (Fsp3) is 0.462. The molecule has 0 aromatic heterocycles. The van der Waals surface area contributed by atoms with Gasteiger partial charge in [-0.05, 0) is 45.9 Å². The Labute approximate surface area is 117 Å². The fourth-order valence-corrected chi connectivity index (χ4v) is 1.58. The number of rotatable bonds is 3. The first kappa shape index (κ1) is 15.1. The average Bonchev–Trinajstić information content (AvgIpc) is 2.21. The van der Waals surface area contributed by atoms with Crippen molar-refractivity contribution in [2.75, 3.05) is 5.32 Å². The molecule has 1 atom stereocenters. The number of nitrogens with one attached hydrogen (secondary N) is 1. The maximum atomic E-state index is 11.8. The molecule has 0 fully saturated rings. The molecule has 5 heteroatoms. The van der Waals surface area contributed by atoms with E-state index in [9.17, 15) is 4.79 Å². The number of halogens is 2. The largest absolute Gasteiger partial charge is 0.458 e. The van der Waals surface area contributed by atoms with Gasteiger partial charge in [0.15, 0.2) is 0 Å². The van der Waals surface area contributed by atoms with E-state index >= 15 is 0 Å². The molecule has 3 nitrogen and oxygen atoms in total. The Morgan fingerprint density at radius 3 is 2.39 bits per heavy atom. The minimum absolute atomic E-state index is 0.312. The van der Waals surface area contributed by atoms with Gasteiger partial charge in [-0.25, -0.2) is 4.79 Å². The zero-order valence-electron chi connectivity index (χ0n) is 10.9. The van der Waals surface area contributed by atoms with E-state index in [0.29, 0.717) is 10.0 Å². The van der Waals surface area contributed by atoms with Gasteiger partial charge in [0.2, 0.25) is 0 Å². The standard InChI is InChI=1S/C13H17Cl2NO2/c1-8(12(17)18-13(2,3)4)16-9-5-6-10(14)11(15)7-9/h5-8,16H,1-4H3. The average molecular weight is 290 g/mol. The molecule has 1 unspecified atom stereocenters. The van der Waals surface area contributed by atoms with Crippen LogP contribution >= 0.6 is 23.2 Å². The molecule has 1 aromatic rings. The second-order valence-corrected chi connectivity index (χ2v) is 5.84. The summed E-state index contributed by atoms with van der Waals surface area (Å²) in [6, 6.07) is 4.65. The van der Waals surface area contributed by atoms with Gasteiger partial charge in [0.1, 0.15) is 11.6 Å². The number of anilines is 1. The molecule has 0 radical (unpaired) electrons. The quantitative estimate of drug-likeness (QED) is 0.850. The highest BCUT2D eigenvalue weighted by Crippen LogP contribution is 2.25. The lowest BCUT2D eigenvalue weighted by Gasteiger charge is -2.23. The van der Waals surface area contributed by atoms with E-state index in [2.05, 4.69) is 5.32 Å². The van der Waals surface area contributed by atoms with Gasteiger partial charge in [-0.3, -0.25) is 0 Å². The lowest BCUT2D eigenvalue weighted by atomic mass is 10.2. The first-order chi connectivity index (χ1) is 8.19. The van der Waals surface area contributed by atoms with Gasteiger partial charge in [0.25, 0.3) is 0 Å². The molecule has 0 aliphatic rings. The molecular formula is C13H17Cl2NO2. The first-order valence-corrected chi connectivity index (χ1v) is 6.39. The molecule has 0 heterocycles. The number of ether oxygens (including phenoxy) is 1. The zero-order valence-corrected chi connectivity index (χ0v) is 12.4. The Bertz CT molecular complexity index is 441. The van der Waals surface area contributed by atoms with Gasteiger partial charge >= 0.3 is 5.97 Å². The molecule has 0 aliphatic carbocycles. The van der Waals surface area contributed by atoms with Crippen LogP contribution in [0.1, 0.15) is 27.7 Å². The lowest BCUT2D eigenvalue weighted by Crippen LogP contribution is -2.34. The van der Waals surface area contributed by atoms with Crippen LogP contribution in [0.4, 0.5) is 5.69 Å². The third-order valence-corrected chi connectivity index (χ3v) is 2.80. The van der Waals surface area contributed by atoms with E-state index in [1.54, 1.807) is 25.1 Å². The molecule has 0 saturated heterocycles. The molecule has 0 amide bonds. The highest BCUT2D eigenvalue weighted by molar-refractivity contribution is 6.42. The second kappa shape index (κ2) is 5.81. The molecule has 0 saturated carbocycles. The van der Waals surface area contributed by atoms with Crippen molar-refractivity contribution in [2.45, 2.75) is 39.3 Å². The summed E-state index contributed by atoms with van der Waals surface area (Å²) in [5, 5.41) is 3.94. The molecule has 100 valence electrons. The summed E-state index contributed by atoms with van der Waals surface area (Å²) in [7, 11) is 0. The van der Waals surface area contributed by atoms with E-state index in [0.717, 1.165) is 5.69 Å². The van der Waals surface area contributed by atoms with Gasteiger partial charge in [0, 0.05) is 5.69 Å². The van der Waals surface area contributed by atoms with E-state index in [1.807, 2.05) is 20.8 Å². The van der Waals surface area contributed by atoms with Gasteiger partial charge in [0.05, 0.1) is 10.0 Å². The van der Waals surface area contributed by atoms with E-state index < -0.39 is 11.6 Å². The molecule has 18 heavy (non-hydrogen) atoms. The third-order valence-electron chi connectivity index (χ3n) is 2.06. The van der Waals surface area contributed by atoms with Crippen LogP contribution in [0.15, 0.2) is 18.2 Å². The Morgan fingerprint density at radius 1 is 1.28 bits per heavy atom. The Morgan fingerprint density at radius 2 is 1.89 bits per heavy atom. The first-order valence-electron chi connectivity index (χ1n) is 5.63. The Hall–Kier alpha value is -0.930. The predicted molar refractivity (Wildman–Crippen MR) is 75.4 cm³/mol. The number of carbonyl (C=O) groups is 1. The highest BCUT2D eigenvalue weighted by Gasteiger charge is 2.21. The molecule has 1 N–H and O–H groups in total. The monoisotopic (exact) mass is 289 g/mol. The minimum Gasteiger partial charge on any atom is -0.458 e. The van der Waals surface area contributed by atoms with Gasteiger partial charge < -0.3 is 10.1 Å². The maximum absolute atomic E-state index is 11.8. The predicted octanol–water partition coefficient (Wildman–Crippen LogP) is 4.14. The van der Waals surface area contributed by atoms with Crippen LogP contribution in [0.3, 0.4) is 0 Å². The van der Waals surface area contributed by atoms with Crippen molar-refractivity contribution >= 4 is 34.9 Å². The minimum atomic E-state index is -0.495.